The zero-order valence-electron chi connectivity index (χ0n) is 14.0. The van der Waals surface area contributed by atoms with E-state index in [1.54, 1.807) is 23.4 Å². The summed E-state index contributed by atoms with van der Waals surface area (Å²) >= 11 is 0. The average Bonchev–Trinajstić information content (AvgIpc) is 2.96. The van der Waals surface area contributed by atoms with Gasteiger partial charge in [-0.1, -0.05) is 6.92 Å². The molecule has 3 rings (SSSR count). The van der Waals surface area contributed by atoms with Gasteiger partial charge in [0.05, 0.1) is 0 Å². The van der Waals surface area contributed by atoms with Crippen molar-refractivity contribution in [3.8, 4) is 0 Å². The molecule has 0 atom stereocenters. The maximum absolute atomic E-state index is 12.8. The predicted molar refractivity (Wildman–Crippen MR) is 85.1 cm³/mol. The van der Waals surface area contributed by atoms with Gasteiger partial charge >= 0.3 is 0 Å². The minimum absolute atomic E-state index is 0.0129. The highest BCUT2D eigenvalue weighted by Crippen LogP contribution is 2.25. The third kappa shape index (κ3) is 2.66. The number of aromatic nitrogens is 3. The Morgan fingerprint density at radius 1 is 1.30 bits per heavy atom. The second kappa shape index (κ2) is 5.82. The number of aryl methyl sites for hydroxylation is 1. The average molecular weight is 320 g/mol. The van der Waals surface area contributed by atoms with Crippen LogP contribution in [0.15, 0.2) is 0 Å². The van der Waals surface area contributed by atoms with Crippen LogP contribution < -0.4 is 5.32 Å². The molecule has 2 amide bonds. The van der Waals surface area contributed by atoms with Crippen molar-refractivity contribution in [3.05, 3.63) is 5.82 Å². The summed E-state index contributed by atoms with van der Waals surface area (Å²) in [6.45, 7) is 9.03. The fraction of sp³-hybridized carbons (Fsp3) is 0.733. The van der Waals surface area contributed by atoms with Gasteiger partial charge in [0, 0.05) is 32.7 Å². The number of amides is 2. The Morgan fingerprint density at radius 2 is 2.09 bits per heavy atom. The first-order valence-corrected chi connectivity index (χ1v) is 8.25. The first kappa shape index (κ1) is 15.8. The topological polar surface area (TPSA) is 83.4 Å². The van der Waals surface area contributed by atoms with E-state index in [-0.39, 0.29) is 17.6 Å². The Bertz CT molecular complexity index is 600. The second-order valence-electron chi connectivity index (χ2n) is 6.57. The van der Waals surface area contributed by atoms with Gasteiger partial charge in [0.1, 0.15) is 5.54 Å². The molecule has 1 aromatic rings. The molecule has 3 heterocycles. The van der Waals surface area contributed by atoms with E-state index in [0.29, 0.717) is 19.0 Å². The number of carbonyl (C=O) groups is 2. The Labute approximate surface area is 135 Å². The number of piperazine rings is 1. The van der Waals surface area contributed by atoms with E-state index in [9.17, 15) is 9.59 Å². The number of carbonyl (C=O) groups excluding carboxylic acids is 2. The number of nitrogens with one attached hydrogen (secondary N) is 1. The largest absolute Gasteiger partial charge is 0.354 e. The maximum Gasteiger partial charge on any atom is 0.294 e. The van der Waals surface area contributed by atoms with Gasteiger partial charge < -0.3 is 15.1 Å². The molecule has 2 aliphatic rings. The molecule has 0 aromatic carbocycles. The van der Waals surface area contributed by atoms with Crippen LogP contribution in [0, 0.1) is 0 Å². The van der Waals surface area contributed by atoms with Crippen LogP contribution in [0.1, 0.15) is 44.2 Å². The van der Waals surface area contributed by atoms with Gasteiger partial charge in [-0.05, 0) is 26.7 Å². The first-order valence-electron chi connectivity index (χ1n) is 8.25. The van der Waals surface area contributed by atoms with Crippen molar-refractivity contribution in [2.24, 2.45) is 0 Å². The lowest BCUT2D eigenvalue weighted by Gasteiger charge is -2.45. The lowest BCUT2D eigenvalue weighted by atomic mass is 9.97. The van der Waals surface area contributed by atoms with Gasteiger partial charge in [-0.3, -0.25) is 9.59 Å². The van der Waals surface area contributed by atoms with E-state index in [4.69, 9.17) is 0 Å². The molecule has 8 heteroatoms. The Balaban J connectivity index is 1.82. The second-order valence-corrected chi connectivity index (χ2v) is 6.57. The van der Waals surface area contributed by atoms with Crippen molar-refractivity contribution in [3.63, 3.8) is 0 Å². The minimum Gasteiger partial charge on any atom is -0.354 e. The summed E-state index contributed by atoms with van der Waals surface area (Å²) < 4.78 is 1.72. The zero-order valence-corrected chi connectivity index (χ0v) is 14.0. The van der Waals surface area contributed by atoms with Crippen molar-refractivity contribution >= 4 is 17.8 Å². The molecular weight excluding hydrogens is 296 g/mol. The maximum atomic E-state index is 12.8. The standard InChI is InChI=1S/C15H24N6O2/c1-4-7-19-9-10-20(15(2,3)13(19)23)12(22)11-17-14-16-6-5-8-21(14)18-11/h4-10H2,1-3H3,(H,16,17,18). The molecule has 1 fully saturated rings. The molecular formula is C15H24N6O2. The molecule has 8 nitrogen and oxygen atoms in total. The monoisotopic (exact) mass is 320 g/mol. The van der Waals surface area contributed by atoms with Gasteiger partial charge in [-0.25, -0.2) is 4.68 Å². The minimum atomic E-state index is -0.871. The Kier molecular flexibility index (Phi) is 3.99. The SMILES string of the molecule is CCCN1CCN(C(=O)c2nc3n(n2)CCCN3)C(C)(C)C1=O. The normalized spacial score (nSPS) is 20.2. The zero-order chi connectivity index (χ0) is 16.6. The summed E-state index contributed by atoms with van der Waals surface area (Å²) in [5.74, 6) is 0.511. The van der Waals surface area contributed by atoms with Gasteiger partial charge in [-0.15, -0.1) is 5.10 Å². The van der Waals surface area contributed by atoms with Gasteiger partial charge in [0.15, 0.2) is 0 Å². The van der Waals surface area contributed by atoms with Crippen molar-refractivity contribution in [1.82, 2.24) is 24.6 Å². The van der Waals surface area contributed by atoms with Crippen molar-refractivity contribution in [2.45, 2.75) is 45.7 Å². The quantitative estimate of drug-likeness (QED) is 0.880. The van der Waals surface area contributed by atoms with Gasteiger partial charge in [0.25, 0.3) is 5.91 Å². The predicted octanol–water partition coefficient (Wildman–Crippen LogP) is 0.567. The van der Waals surface area contributed by atoms with Gasteiger partial charge in [0.2, 0.25) is 17.7 Å². The van der Waals surface area contributed by atoms with Crippen LogP contribution in [-0.2, 0) is 11.3 Å². The first-order chi connectivity index (χ1) is 10.9. The molecule has 0 aliphatic carbocycles. The Hall–Kier alpha value is -2.12. The van der Waals surface area contributed by atoms with E-state index < -0.39 is 5.54 Å². The van der Waals surface area contributed by atoms with Crippen LogP contribution in [0.5, 0.6) is 0 Å². The molecule has 2 aliphatic heterocycles. The number of rotatable bonds is 3. The van der Waals surface area contributed by atoms with Crippen LogP contribution in [-0.4, -0.2) is 68.1 Å². The number of anilines is 1. The fourth-order valence-corrected chi connectivity index (χ4v) is 3.21. The molecule has 0 radical (unpaired) electrons. The number of hydrogen-bond donors (Lipinski definition) is 1. The van der Waals surface area contributed by atoms with Gasteiger partial charge in [-0.2, -0.15) is 4.98 Å². The molecule has 0 saturated carbocycles. The smallest absolute Gasteiger partial charge is 0.294 e. The van der Waals surface area contributed by atoms with Crippen LogP contribution in [0.4, 0.5) is 5.95 Å². The summed E-state index contributed by atoms with van der Waals surface area (Å²) in [5.41, 5.74) is -0.871. The van der Waals surface area contributed by atoms with Crippen LogP contribution in [0.2, 0.25) is 0 Å². The fourth-order valence-electron chi connectivity index (χ4n) is 3.21. The summed E-state index contributed by atoms with van der Waals surface area (Å²) in [6.07, 6.45) is 1.88. The molecule has 1 saturated heterocycles. The molecule has 1 N–H and O–H groups in total. The molecule has 0 bridgehead atoms. The van der Waals surface area contributed by atoms with E-state index >= 15 is 0 Å². The van der Waals surface area contributed by atoms with E-state index in [1.807, 2.05) is 11.8 Å². The third-order valence-electron chi connectivity index (χ3n) is 4.51. The third-order valence-corrected chi connectivity index (χ3v) is 4.51. The van der Waals surface area contributed by atoms with Crippen LogP contribution in [0.25, 0.3) is 0 Å². The Morgan fingerprint density at radius 3 is 2.78 bits per heavy atom. The molecule has 1 aromatic heterocycles. The number of fused-ring (bicyclic) bond motifs is 1. The van der Waals surface area contributed by atoms with Crippen LogP contribution in [0.3, 0.4) is 0 Å². The summed E-state index contributed by atoms with van der Waals surface area (Å²) in [6, 6.07) is 0. The van der Waals surface area contributed by atoms with E-state index in [0.717, 1.165) is 32.5 Å². The summed E-state index contributed by atoms with van der Waals surface area (Å²) in [5, 5.41) is 7.44. The summed E-state index contributed by atoms with van der Waals surface area (Å²) in [4.78, 5) is 33.2. The van der Waals surface area contributed by atoms with E-state index in [2.05, 4.69) is 15.4 Å². The highest BCUT2D eigenvalue weighted by Gasteiger charge is 2.45. The molecule has 0 spiro atoms. The number of nitrogens with zero attached hydrogens (tertiary/aromatic N) is 5. The molecule has 126 valence electrons. The van der Waals surface area contributed by atoms with Crippen LogP contribution >= 0.6 is 0 Å². The van der Waals surface area contributed by atoms with E-state index in [1.165, 1.54) is 0 Å². The van der Waals surface area contributed by atoms with Crippen molar-refractivity contribution < 1.29 is 9.59 Å². The summed E-state index contributed by atoms with van der Waals surface area (Å²) in [7, 11) is 0. The lowest BCUT2D eigenvalue weighted by Crippen LogP contribution is -2.64. The van der Waals surface area contributed by atoms with Crippen molar-refractivity contribution in [2.75, 3.05) is 31.5 Å². The highest BCUT2D eigenvalue weighted by atomic mass is 16.2. The molecule has 0 unspecified atom stereocenters. The number of hydrogen-bond acceptors (Lipinski definition) is 5. The molecule has 23 heavy (non-hydrogen) atoms. The van der Waals surface area contributed by atoms with Crippen molar-refractivity contribution in [1.29, 1.82) is 0 Å². The lowest BCUT2D eigenvalue weighted by molar-refractivity contribution is -0.146. The highest BCUT2D eigenvalue weighted by molar-refractivity contribution is 5.97.